The molecule has 0 aliphatic carbocycles. The van der Waals surface area contributed by atoms with Gasteiger partial charge in [-0.3, -0.25) is 24.2 Å². The Bertz CT molecular complexity index is 1370. The predicted molar refractivity (Wildman–Crippen MR) is 131 cm³/mol. The smallest absolute Gasteiger partial charge is 0.260 e. The van der Waals surface area contributed by atoms with Gasteiger partial charge in [0.25, 0.3) is 5.91 Å². The molecule has 0 radical (unpaired) electrons. The van der Waals surface area contributed by atoms with Gasteiger partial charge in [0, 0.05) is 31.0 Å². The summed E-state index contributed by atoms with van der Waals surface area (Å²) in [7, 11) is 1.86. The number of likely N-dealkylation sites (tertiary alicyclic amines) is 1. The van der Waals surface area contributed by atoms with E-state index in [0.717, 1.165) is 34.7 Å². The van der Waals surface area contributed by atoms with Crippen LogP contribution < -0.4 is 10.6 Å². The number of pyridine rings is 1. The second-order valence-corrected chi connectivity index (χ2v) is 9.66. The Kier molecular flexibility index (Phi) is 5.88. The number of anilines is 2. The van der Waals surface area contributed by atoms with Gasteiger partial charge in [-0.25, -0.2) is 4.52 Å². The number of thiazole rings is 1. The lowest BCUT2D eigenvalue weighted by atomic mass is 10.2. The molecule has 11 heteroatoms. The Morgan fingerprint density at radius 2 is 2.03 bits per heavy atom. The van der Waals surface area contributed by atoms with Gasteiger partial charge < -0.3 is 10.6 Å². The maximum atomic E-state index is 13.1. The van der Waals surface area contributed by atoms with E-state index >= 15 is 0 Å². The molecule has 176 valence electrons. The average molecular weight is 479 g/mol. The lowest BCUT2D eigenvalue weighted by Gasteiger charge is -2.20. The molecule has 2 N–H and O–H groups in total. The summed E-state index contributed by atoms with van der Waals surface area (Å²) in [5, 5.41) is 14.4. The number of hydrogen-bond acceptors (Lipinski definition) is 7. The van der Waals surface area contributed by atoms with Crippen LogP contribution in [0.1, 0.15) is 35.8 Å². The van der Waals surface area contributed by atoms with Gasteiger partial charge in [0.1, 0.15) is 4.83 Å². The third kappa shape index (κ3) is 4.44. The van der Waals surface area contributed by atoms with E-state index in [1.54, 1.807) is 33.9 Å². The zero-order chi connectivity index (χ0) is 23.8. The summed E-state index contributed by atoms with van der Waals surface area (Å²) in [5.74, 6) is -0.370. The number of amides is 2. The Morgan fingerprint density at radius 3 is 2.76 bits per heavy atom. The van der Waals surface area contributed by atoms with Gasteiger partial charge in [-0.2, -0.15) is 10.2 Å². The third-order valence-electron chi connectivity index (χ3n) is 6.09. The Balaban J connectivity index is 1.31. The molecular weight excluding hydrogens is 452 g/mol. The molecule has 0 unspecified atom stereocenters. The minimum absolute atomic E-state index is 0.0865. The number of nitrogens with zero attached hydrogens (tertiary/aromatic N) is 6. The summed E-state index contributed by atoms with van der Waals surface area (Å²) in [5.41, 5.74) is 3.19. The number of hydrogen-bond donors (Lipinski definition) is 2. The molecule has 0 bridgehead atoms. The molecule has 2 amide bonds. The average Bonchev–Trinajstić information content (AvgIpc) is 3.56. The highest BCUT2D eigenvalue weighted by atomic mass is 32.1. The van der Waals surface area contributed by atoms with Crippen LogP contribution >= 0.6 is 11.3 Å². The second-order valence-electron chi connectivity index (χ2n) is 8.63. The van der Waals surface area contributed by atoms with E-state index in [0.29, 0.717) is 35.2 Å². The molecule has 0 spiro atoms. The summed E-state index contributed by atoms with van der Waals surface area (Å²) in [6.45, 7) is 5.24. The van der Waals surface area contributed by atoms with Gasteiger partial charge in [0.2, 0.25) is 5.91 Å². The van der Waals surface area contributed by atoms with E-state index in [1.165, 1.54) is 11.3 Å². The van der Waals surface area contributed by atoms with Gasteiger partial charge in [0.15, 0.2) is 0 Å². The largest absolute Gasteiger partial charge is 0.324 e. The molecule has 4 aromatic rings. The van der Waals surface area contributed by atoms with Gasteiger partial charge >= 0.3 is 0 Å². The summed E-state index contributed by atoms with van der Waals surface area (Å²) in [6, 6.07) is 2.15. The lowest BCUT2D eigenvalue weighted by Crippen LogP contribution is -2.35. The molecule has 1 saturated heterocycles. The topological polar surface area (TPSA) is 109 Å². The Morgan fingerprint density at radius 1 is 1.18 bits per heavy atom. The van der Waals surface area contributed by atoms with Crippen molar-refractivity contribution in [1.29, 1.82) is 0 Å². The van der Waals surface area contributed by atoms with E-state index in [4.69, 9.17) is 0 Å². The Hall–Kier alpha value is -3.57. The molecule has 4 aromatic heterocycles. The zero-order valence-electron chi connectivity index (χ0n) is 19.3. The van der Waals surface area contributed by atoms with E-state index in [2.05, 4.69) is 37.6 Å². The first-order valence-electron chi connectivity index (χ1n) is 11.2. The molecule has 1 fully saturated rings. The fourth-order valence-electron chi connectivity index (χ4n) is 4.15. The Labute approximate surface area is 200 Å². The molecule has 1 aliphatic heterocycles. The number of carbonyl (C=O) groups excluding carboxylic acids is 2. The number of nitrogens with one attached hydrogen (secondary N) is 2. The standard InChI is InChI=1S/C23H26N8O2S/c1-14-5-4-6-30(14)13-21(32)27-17-7-19(15(2)24-9-17)28-22(33)18-10-26-31-12-20(34-23(18)31)16-8-25-29(3)11-16/h7-12,14H,4-6,13H2,1-3H3,(H,27,32)(H,28,33)/t14-/m0/s1. The predicted octanol–water partition coefficient (Wildman–Crippen LogP) is 3.17. The molecule has 0 saturated carbocycles. The first kappa shape index (κ1) is 22.2. The fourth-order valence-corrected chi connectivity index (χ4v) is 5.19. The first-order valence-corrected chi connectivity index (χ1v) is 12.0. The van der Waals surface area contributed by atoms with Crippen molar-refractivity contribution in [3.63, 3.8) is 0 Å². The van der Waals surface area contributed by atoms with E-state index < -0.39 is 0 Å². The molecular formula is C23H26N8O2S. The van der Waals surface area contributed by atoms with Crippen LogP contribution in [0, 0.1) is 6.92 Å². The molecule has 5 heterocycles. The fraction of sp³-hybridized carbons (Fsp3) is 0.348. The summed E-state index contributed by atoms with van der Waals surface area (Å²) >= 11 is 1.48. The van der Waals surface area contributed by atoms with Gasteiger partial charge in [0.05, 0.1) is 52.6 Å². The SMILES string of the molecule is Cc1ncc(NC(=O)CN2CCC[C@@H]2C)cc1NC(=O)c1cnn2cc(-c3cnn(C)c3)sc12. The monoisotopic (exact) mass is 478 g/mol. The molecule has 1 aliphatic rings. The van der Waals surface area contributed by atoms with Crippen molar-refractivity contribution in [2.75, 3.05) is 23.7 Å². The number of aryl methyl sites for hydroxylation is 2. The molecule has 10 nitrogen and oxygen atoms in total. The van der Waals surface area contributed by atoms with Gasteiger partial charge in [-0.15, -0.1) is 11.3 Å². The van der Waals surface area contributed by atoms with Crippen molar-refractivity contribution in [2.24, 2.45) is 7.05 Å². The highest BCUT2D eigenvalue weighted by Gasteiger charge is 2.23. The maximum absolute atomic E-state index is 13.1. The van der Waals surface area contributed by atoms with Crippen molar-refractivity contribution in [1.82, 2.24) is 29.3 Å². The van der Waals surface area contributed by atoms with E-state index in [9.17, 15) is 9.59 Å². The van der Waals surface area contributed by atoms with E-state index in [1.807, 2.05) is 26.4 Å². The highest BCUT2D eigenvalue weighted by molar-refractivity contribution is 7.21. The van der Waals surface area contributed by atoms with Crippen molar-refractivity contribution in [2.45, 2.75) is 32.7 Å². The van der Waals surface area contributed by atoms with Crippen molar-refractivity contribution in [3.05, 3.63) is 48.3 Å². The summed E-state index contributed by atoms with van der Waals surface area (Å²) < 4.78 is 3.43. The van der Waals surface area contributed by atoms with Crippen molar-refractivity contribution in [3.8, 4) is 10.4 Å². The first-order chi connectivity index (χ1) is 16.4. The summed E-state index contributed by atoms with van der Waals surface area (Å²) in [6.07, 6.45) is 11.0. The number of fused-ring (bicyclic) bond motifs is 1. The van der Waals surface area contributed by atoms with Crippen molar-refractivity contribution < 1.29 is 9.59 Å². The van der Waals surface area contributed by atoms with Crippen LogP contribution in [0.4, 0.5) is 11.4 Å². The van der Waals surface area contributed by atoms with Crippen LogP contribution in [0.25, 0.3) is 15.3 Å². The van der Waals surface area contributed by atoms with Crippen LogP contribution in [0.15, 0.2) is 37.1 Å². The molecule has 34 heavy (non-hydrogen) atoms. The van der Waals surface area contributed by atoms with Crippen LogP contribution in [0.2, 0.25) is 0 Å². The van der Waals surface area contributed by atoms with Crippen molar-refractivity contribution >= 4 is 39.4 Å². The third-order valence-corrected chi connectivity index (χ3v) is 7.25. The van der Waals surface area contributed by atoms with Gasteiger partial charge in [-0.05, 0) is 39.3 Å². The number of rotatable bonds is 6. The van der Waals surface area contributed by atoms with Crippen LogP contribution in [-0.2, 0) is 11.8 Å². The normalized spacial score (nSPS) is 16.3. The quantitative estimate of drug-likeness (QED) is 0.441. The minimum atomic E-state index is -0.283. The molecule has 1 atom stereocenters. The van der Waals surface area contributed by atoms with Crippen LogP contribution in [0.5, 0.6) is 0 Å². The number of aromatic nitrogens is 5. The maximum Gasteiger partial charge on any atom is 0.260 e. The summed E-state index contributed by atoms with van der Waals surface area (Å²) in [4.78, 5) is 33.8. The van der Waals surface area contributed by atoms with Gasteiger partial charge in [-0.1, -0.05) is 0 Å². The zero-order valence-corrected chi connectivity index (χ0v) is 20.1. The van der Waals surface area contributed by atoms with E-state index in [-0.39, 0.29) is 11.8 Å². The lowest BCUT2D eigenvalue weighted by molar-refractivity contribution is -0.117. The second kappa shape index (κ2) is 8.99. The molecule has 5 rings (SSSR count). The van der Waals surface area contributed by atoms with Crippen LogP contribution in [-0.4, -0.2) is 60.2 Å². The van der Waals surface area contributed by atoms with Crippen LogP contribution in [0.3, 0.4) is 0 Å². The highest BCUT2D eigenvalue weighted by Crippen LogP contribution is 2.30. The molecule has 0 aromatic carbocycles. The minimum Gasteiger partial charge on any atom is -0.324 e. The number of carbonyl (C=O) groups is 2.